The molecule has 17 heavy (non-hydrogen) atoms. The fourth-order valence-electron chi connectivity index (χ4n) is 2.21. The predicted molar refractivity (Wildman–Crippen MR) is 65.8 cm³/mol. The fourth-order valence-corrected chi connectivity index (χ4v) is 4.31. The average Bonchev–Trinajstić information content (AvgIpc) is 2.47. The zero-order valence-corrected chi connectivity index (χ0v) is 11.2. The van der Waals surface area contributed by atoms with Crippen LogP contribution >= 0.6 is 0 Å². The summed E-state index contributed by atoms with van der Waals surface area (Å²) in [5.74, 6) is -0.712. The Morgan fingerprint density at radius 2 is 2.18 bits per heavy atom. The van der Waals surface area contributed by atoms with Crippen LogP contribution in [0.4, 0.5) is 0 Å². The van der Waals surface area contributed by atoms with Crippen molar-refractivity contribution in [3.05, 3.63) is 0 Å². The van der Waals surface area contributed by atoms with Crippen LogP contribution in [-0.4, -0.2) is 42.6 Å². The number of aliphatic carboxylic acids is 1. The van der Waals surface area contributed by atoms with Gasteiger partial charge in [-0.3, -0.25) is 10.1 Å². The van der Waals surface area contributed by atoms with Gasteiger partial charge in [0, 0.05) is 5.54 Å². The number of sulfone groups is 1. The highest BCUT2D eigenvalue weighted by atomic mass is 32.2. The first-order valence-electron chi connectivity index (χ1n) is 5.99. The molecule has 6 heteroatoms. The first kappa shape index (κ1) is 14.4. The third kappa shape index (κ3) is 4.27. The Balaban J connectivity index is 2.64. The molecule has 0 spiro atoms. The molecule has 2 atom stereocenters. The molecule has 1 saturated heterocycles. The first-order chi connectivity index (χ1) is 7.78. The molecule has 2 unspecified atom stereocenters. The van der Waals surface area contributed by atoms with Crippen molar-refractivity contribution >= 4 is 15.8 Å². The number of carboxylic acids is 1. The topological polar surface area (TPSA) is 83.5 Å². The molecule has 0 amide bonds. The number of rotatable bonds is 6. The summed E-state index contributed by atoms with van der Waals surface area (Å²) >= 11 is 0. The molecule has 1 aliphatic heterocycles. The maximum absolute atomic E-state index is 11.4. The normalized spacial score (nSPS) is 29.1. The van der Waals surface area contributed by atoms with Crippen molar-refractivity contribution in [3.63, 3.8) is 0 Å². The van der Waals surface area contributed by atoms with E-state index in [1.54, 1.807) is 6.92 Å². The maximum Gasteiger partial charge on any atom is 0.320 e. The van der Waals surface area contributed by atoms with E-state index in [9.17, 15) is 13.2 Å². The second-order valence-electron chi connectivity index (χ2n) is 5.08. The van der Waals surface area contributed by atoms with Crippen LogP contribution in [0.2, 0.25) is 0 Å². The Hall–Kier alpha value is -0.620. The van der Waals surface area contributed by atoms with Gasteiger partial charge in [0.05, 0.1) is 11.5 Å². The standard InChI is InChI=1S/C11H21NO4S/c1-3-4-5-9(10(13)14)12-11(2)6-7-17(15,16)8-11/h9,12H,3-8H2,1-2H3,(H,13,14). The summed E-state index contributed by atoms with van der Waals surface area (Å²) in [6.45, 7) is 3.79. The van der Waals surface area contributed by atoms with Crippen molar-refractivity contribution in [1.82, 2.24) is 5.32 Å². The van der Waals surface area contributed by atoms with Gasteiger partial charge in [-0.15, -0.1) is 0 Å². The van der Waals surface area contributed by atoms with Crippen LogP contribution in [0.1, 0.15) is 39.5 Å². The zero-order chi connectivity index (χ0) is 13.1. The quantitative estimate of drug-likeness (QED) is 0.740. The van der Waals surface area contributed by atoms with Gasteiger partial charge in [0.15, 0.2) is 9.84 Å². The van der Waals surface area contributed by atoms with Crippen LogP contribution in [0.15, 0.2) is 0 Å². The van der Waals surface area contributed by atoms with Crippen molar-refractivity contribution in [2.45, 2.75) is 51.1 Å². The summed E-state index contributed by atoms with van der Waals surface area (Å²) in [5.41, 5.74) is -0.588. The molecule has 0 aromatic carbocycles. The van der Waals surface area contributed by atoms with Crippen LogP contribution in [0.5, 0.6) is 0 Å². The molecule has 1 heterocycles. The van der Waals surface area contributed by atoms with E-state index in [2.05, 4.69) is 5.32 Å². The average molecular weight is 263 g/mol. The molecule has 0 aromatic heterocycles. The van der Waals surface area contributed by atoms with Crippen LogP contribution < -0.4 is 5.32 Å². The maximum atomic E-state index is 11.4. The summed E-state index contributed by atoms with van der Waals surface area (Å²) in [4.78, 5) is 11.1. The monoisotopic (exact) mass is 263 g/mol. The SMILES string of the molecule is CCCCC(NC1(C)CCS(=O)(=O)C1)C(=O)O. The summed E-state index contributed by atoms with van der Waals surface area (Å²) in [6.07, 6.45) is 2.79. The summed E-state index contributed by atoms with van der Waals surface area (Å²) in [5, 5.41) is 12.1. The third-order valence-corrected chi connectivity index (χ3v) is 5.07. The van der Waals surface area contributed by atoms with Crippen molar-refractivity contribution in [2.75, 3.05) is 11.5 Å². The Labute approximate surface area is 103 Å². The van der Waals surface area contributed by atoms with E-state index in [1.807, 2.05) is 6.92 Å². The van der Waals surface area contributed by atoms with E-state index in [0.29, 0.717) is 12.8 Å². The van der Waals surface area contributed by atoms with Crippen LogP contribution in [-0.2, 0) is 14.6 Å². The van der Waals surface area contributed by atoms with Gasteiger partial charge in [0.1, 0.15) is 6.04 Å². The molecule has 1 rings (SSSR count). The van der Waals surface area contributed by atoms with Gasteiger partial charge >= 0.3 is 5.97 Å². The van der Waals surface area contributed by atoms with E-state index >= 15 is 0 Å². The van der Waals surface area contributed by atoms with E-state index in [1.165, 1.54) is 0 Å². The summed E-state index contributed by atoms with van der Waals surface area (Å²) < 4.78 is 22.8. The molecule has 1 fully saturated rings. The number of nitrogens with one attached hydrogen (secondary N) is 1. The Kier molecular flexibility index (Phi) is 4.55. The smallest absolute Gasteiger partial charge is 0.320 e. The predicted octanol–water partition coefficient (Wildman–Crippen LogP) is 0.797. The first-order valence-corrected chi connectivity index (χ1v) is 7.81. The van der Waals surface area contributed by atoms with Crippen LogP contribution in [0.3, 0.4) is 0 Å². The minimum Gasteiger partial charge on any atom is -0.480 e. The van der Waals surface area contributed by atoms with E-state index in [4.69, 9.17) is 5.11 Å². The molecule has 5 nitrogen and oxygen atoms in total. The second kappa shape index (κ2) is 5.35. The lowest BCUT2D eigenvalue weighted by molar-refractivity contribution is -0.140. The molecule has 1 aliphatic rings. The molecule has 0 aromatic rings. The van der Waals surface area contributed by atoms with Gasteiger partial charge in [-0.1, -0.05) is 19.8 Å². The van der Waals surface area contributed by atoms with Gasteiger partial charge in [-0.2, -0.15) is 0 Å². The van der Waals surface area contributed by atoms with Crippen molar-refractivity contribution in [1.29, 1.82) is 0 Å². The second-order valence-corrected chi connectivity index (χ2v) is 7.26. The third-order valence-electron chi connectivity index (χ3n) is 3.17. The lowest BCUT2D eigenvalue weighted by Crippen LogP contribution is -2.52. The molecule has 2 N–H and O–H groups in total. The highest BCUT2D eigenvalue weighted by Crippen LogP contribution is 2.24. The Bertz CT molecular complexity index is 379. The van der Waals surface area contributed by atoms with Gasteiger partial charge in [-0.05, 0) is 19.8 Å². The molecule has 0 saturated carbocycles. The van der Waals surface area contributed by atoms with Crippen LogP contribution in [0.25, 0.3) is 0 Å². The Morgan fingerprint density at radius 3 is 2.59 bits per heavy atom. The molecule has 100 valence electrons. The molecule has 0 bridgehead atoms. The van der Waals surface area contributed by atoms with Crippen LogP contribution in [0, 0.1) is 0 Å². The van der Waals surface area contributed by atoms with E-state index < -0.39 is 27.4 Å². The summed E-state index contributed by atoms with van der Waals surface area (Å²) in [6, 6.07) is -0.645. The Morgan fingerprint density at radius 1 is 1.53 bits per heavy atom. The van der Waals surface area contributed by atoms with Crippen molar-refractivity contribution in [2.24, 2.45) is 0 Å². The van der Waals surface area contributed by atoms with Crippen molar-refractivity contribution in [3.8, 4) is 0 Å². The highest BCUT2D eigenvalue weighted by molar-refractivity contribution is 7.91. The molecular weight excluding hydrogens is 242 g/mol. The summed E-state index contributed by atoms with van der Waals surface area (Å²) in [7, 11) is -3.00. The van der Waals surface area contributed by atoms with Gasteiger partial charge in [0.25, 0.3) is 0 Å². The molecular formula is C11H21NO4S. The zero-order valence-electron chi connectivity index (χ0n) is 10.4. The fraction of sp³-hybridized carbons (Fsp3) is 0.909. The lowest BCUT2D eigenvalue weighted by Gasteiger charge is -2.28. The van der Waals surface area contributed by atoms with Gasteiger partial charge in [-0.25, -0.2) is 8.42 Å². The van der Waals surface area contributed by atoms with E-state index in [0.717, 1.165) is 12.8 Å². The minimum atomic E-state index is -3.00. The largest absolute Gasteiger partial charge is 0.480 e. The lowest BCUT2D eigenvalue weighted by atomic mass is 9.99. The van der Waals surface area contributed by atoms with E-state index in [-0.39, 0.29) is 11.5 Å². The number of hydrogen-bond acceptors (Lipinski definition) is 4. The van der Waals surface area contributed by atoms with Crippen molar-refractivity contribution < 1.29 is 18.3 Å². The molecule has 0 radical (unpaired) electrons. The van der Waals surface area contributed by atoms with Gasteiger partial charge in [0.2, 0.25) is 0 Å². The minimum absolute atomic E-state index is 0.0376. The van der Waals surface area contributed by atoms with Gasteiger partial charge < -0.3 is 5.11 Å². The number of carbonyl (C=O) groups is 1. The number of unbranched alkanes of at least 4 members (excludes halogenated alkanes) is 1. The molecule has 0 aliphatic carbocycles. The highest BCUT2D eigenvalue weighted by Gasteiger charge is 2.40. The number of carboxylic acid groups (broad SMARTS) is 1. The number of hydrogen-bond donors (Lipinski definition) is 2.